The van der Waals surface area contributed by atoms with Crippen LogP contribution in [0.5, 0.6) is 0 Å². The highest BCUT2D eigenvalue weighted by Gasteiger charge is 2.23. The van der Waals surface area contributed by atoms with Crippen molar-refractivity contribution in [1.82, 2.24) is 0 Å². The molecule has 0 bridgehead atoms. The zero-order chi connectivity index (χ0) is 11.5. The summed E-state index contributed by atoms with van der Waals surface area (Å²) < 4.78 is 13.9. The van der Waals surface area contributed by atoms with Crippen molar-refractivity contribution < 1.29 is 4.39 Å². The number of halogens is 2. The number of hydrogen-bond acceptors (Lipinski definition) is 2. The van der Waals surface area contributed by atoms with Crippen molar-refractivity contribution in [2.24, 2.45) is 5.73 Å². The first-order chi connectivity index (χ1) is 7.68. The third-order valence-electron chi connectivity index (χ3n) is 2.93. The Labute approximate surface area is 108 Å². The summed E-state index contributed by atoms with van der Waals surface area (Å²) in [6.45, 7) is 0. The molecule has 1 aliphatic rings. The summed E-state index contributed by atoms with van der Waals surface area (Å²) >= 11 is 5.23. The summed E-state index contributed by atoms with van der Waals surface area (Å²) in [5.74, 6) is 1.01. The monoisotopic (exact) mass is 303 g/mol. The first kappa shape index (κ1) is 12.4. The van der Waals surface area contributed by atoms with Gasteiger partial charge in [-0.3, -0.25) is 0 Å². The van der Waals surface area contributed by atoms with Crippen molar-refractivity contribution in [2.75, 3.05) is 5.75 Å². The normalized spacial score (nSPS) is 22.3. The van der Waals surface area contributed by atoms with Crippen LogP contribution in [-0.2, 0) is 6.42 Å². The van der Waals surface area contributed by atoms with Gasteiger partial charge in [-0.1, -0.05) is 12.1 Å². The minimum absolute atomic E-state index is 0.130. The van der Waals surface area contributed by atoms with Gasteiger partial charge in [-0.25, -0.2) is 4.39 Å². The number of benzene rings is 1. The van der Waals surface area contributed by atoms with Gasteiger partial charge in [0.2, 0.25) is 0 Å². The van der Waals surface area contributed by atoms with Gasteiger partial charge in [-0.15, -0.1) is 0 Å². The van der Waals surface area contributed by atoms with Crippen LogP contribution >= 0.6 is 27.7 Å². The lowest BCUT2D eigenvalue weighted by atomic mass is 10.0. The Hall–Kier alpha value is -0.0600. The number of rotatable bonds is 3. The predicted molar refractivity (Wildman–Crippen MR) is 71.3 cm³/mol. The van der Waals surface area contributed by atoms with E-state index >= 15 is 0 Å². The van der Waals surface area contributed by atoms with Crippen molar-refractivity contribution in [2.45, 2.75) is 30.6 Å². The van der Waals surface area contributed by atoms with Crippen molar-refractivity contribution in [3.8, 4) is 0 Å². The fraction of sp³-hybridized carbons (Fsp3) is 0.500. The Balaban J connectivity index is 2.05. The quantitative estimate of drug-likeness (QED) is 0.927. The minimum atomic E-state index is -0.205. The van der Waals surface area contributed by atoms with Gasteiger partial charge >= 0.3 is 0 Å². The molecular weight excluding hydrogens is 289 g/mol. The Morgan fingerprint density at radius 2 is 2.38 bits per heavy atom. The van der Waals surface area contributed by atoms with Crippen LogP contribution in [0.4, 0.5) is 4.39 Å². The van der Waals surface area contributed by atoms with E-state index in [-0.39, 0.29) is 11.9 Å². The molecule has 4 heteroatoms. The van der Waals surface area contributed by atoms with E-state index in [1.54, 1.807) is 6.07 Å². The predicted octanol–water partition coefficient (Wildman–Crippen LogP) is 3.35. The number of thioether (sulfide) groups is 1. The molecule has 0 amide bonds. The molecule has 1 nitrogen and oxygen atoms in total. The maximum absolute atomic E-state index is 13.3. The van der Waals surface area contributed by atoms with Gasteiger partial charge in [0.1, 0.15) is 5.82 Å². The van der Waals surface area contributed by atoms with Crippen molar-refractivity contribution >= 4 is 27.7 Å². The molecule has 1 aromatic carbocycles. The topological polar surface area (TPSA) is 26.0 Å². The van der Waals surface area contributed by atoms with Gasteiger partial charge < -0.3 is 5.73 Å². The van der Waals surface area contributed by atoms with E-state index in [0.29, 0.717) is 9.72 Å². The summed E-state index contributed by atoms with van der Waals surface area (Å²) in [5.41, 5.74) is 7.14. The molecule has 1 saturated heterocycles. The second-order valence-corrected chi connectivity index (χ2v) is 6.27. The van der Waals surface area contributed by atoms with E-state index in [1.165, 1.54) is 24.7 Å². The molecule has 0 radical (unpaired) electrons. The van der Waals surface area contributed by atoms with Crippen molar-refractivity contribution in [3.05, 3.63) is 34.1 Å². The molecule has 1 aliphatic heterocycles. The Kier molecular flexibility index (Phi) is 4.27. The van der Waals surface area contributed by atoms with Crippen molar-refractivity contribution in [3.63, 3.8) is 0 Å². The highest BCUT2D eigenvalue weighted by atomic mass is 79.9. The molecule has 0 saturated carbocycles. The summed E-state index contributed by atoms with van der Waals surface area (Å²) in [5, 5.41) is 0.537. The second-order valence-electron chi connectivity index (χ2n) is 4.13. The average molecular weight is 304 g/mol. The van der Waals surface area contributed by atoms with Gasteiger partial charge in [0.25, 0.3) is 0 Å². The van der Waals surface area contributed by atoms with Crippen LogP contribution in [0, 0.1) is 5.82 Å². The first-order valence-corrected chi connectivity index (χ1v) is 7.32. The Morgan fingerprint density at radius 1 is 1.56 bits per heavy atom. The van der Waals surface area contributed by atoms with Crippen LogP contribution in [0.25, 0.3) is 0 Å². The molecular formula is C12H15BrFNS. The summed E-state index contributed by atoms with van der Waals surface area (Å²) in [4.78, 5) is 0. The molecule has 1 aromatic rings. The number of nitrogens with two attached hydrogens (primary N) is 1. The van der Waals surface area contributed by atoms with Gasteiger partial charge in [-0.2, -0.15) is 11.8 Å². The highest BCUT2D eigenvalue weighted by Crippen LogP contribution is 2.30. The lowest BCUT2D eigenvalue weighted by Crippen LogP contribution is -2.33. The largest absolute Gasteiger partial charge is 0.326 e. The Bertz CT molecular complexity index is 366. The Morgan fingerprint density at radius 3 is 3.06 bits per heavy atom. The van der Waals surface area contributed by atoms with E-state index in [4.69, 9.17) is 5.73 Å². The van der Waals surface area contributed by atoms with Crippen molar-refractivity contribution in [1.29, 1.82) is 0 Å². The second kappa shape index (κ2) is 5.52. The third-order valence-corrected chi connectivity index (χ3v) is 5.36. The van der Waals surface area contributed by atoms with Crippen LogP contribution < -0.4 is 5.73 Å². The molecule has 16 heavy (non-hydrogen) atoms. The SMILES string of the molecule is NC(Cc1cccc(F)c1Br)C1CCCS1. The van der Waals surface area contributed by atoms with Gasteiger partial charge in [0, 0.05) is 11.3 Å². The standard InChI is InChI=1S/C12H15BrFNS/c13-12-8(3-1-4-9(12)14)7-10(15)11-5-2-6-16-11/h1,3-4,10-11H,2,5-7,15H2. The molecule has 0 aliphatic carbocycles. The molecule has 2 rings (SSSR count). The average Bonchev–Trinajstić information content (AvgIpc) is 2.78. The van der Waals surface area contributed by atoms with Gasteiger partial charge in [-0.05, 0) is 52.6 Å². The van der Waals surface area contributed by atoms with Crippen LogP contribution in [0.15, 0.2) is 22.7 Å². The molecule has 2 atom stereocenters. The van der Waals surface area contributed by atoms with Crippen LogP contribution in [0.2, 0.25) is 0 Å². The van der Waals surface area contributed by atoms with E-state index in [9.17, 15) is 4.39 Å². The van der Waals surface area contributed by atoms with E-state index in [1.807, 2.05) is 17.8 Å². The van der Waals surface area contributed by atoms with Gasteiger partial charge in [0.05, 0.1) is 4.47 Å². The zero-order valence-electron chi connectivity index (χ0n) is 8.96. The first-order valence-electron chi connectivity index (χ1n) is 5.48. The molecule has 88 valence electrons. The fourth-order valence-electron chi connectivity index (χ4n) is 2.03. The number of hydrogen-bond donors (Lipinski definition) is 1. The summed E-state index contributed by atoms with van der Waals surface area (Å²) in [6, 6.07) is 5.27. The van der Waals surface area contributed by atoms with E-state index in [0.717, 1.165) is 12.0 Å². The van der Waals surface area contributed by atoms with E-state index in [2.05, 4.69) is 15.9 Å². The van der Waals surface area contributed by atoms with Crippen LogP contribution in [-0.4, -0.2) is 17.0 Å². The van der Waals surface area contributed by atoms with Gasteiger partial charge in [0.15, 0.2) is 0 Å². The van der Waals surface area contributed by atoms with E-state index < -0.39 is 0 Å². The maximum Gasteiger partial charge on any atom is 0.137 e. The molecule has 2 unspecified atom stereocenters. The smallest absolute Gasteiger partial charge is 0.137 e. The zero-order valence-corrected chi connectivity index (χ0v) is 11.4. The molecule has 0 aromatic heterocycles. The fourth-order valence-corrected chi connectivity index (χ4v) is 3.77. The molecule has 1 heterocycles. The summed E-state index contributed by atoms with van der Waals surface area (Å²) in [7, 11) is 0. The molecule has 0 spiro atoms. The lowest BCUT2D eigenvalue weighted by molar-refractivity contribution is 0.593. The highest BCUT2D eigenvalue weighted by molar-refractivity contribution is 9.10. The molecule has 1 fully saturated rings. The lowest BCUT2D eigenvalue weighted by Gasteiger charge is -2.18. The maximum atomic E-state index is 13.3. The summed E-state index contributed by atoms with van der Waals surface area (Å²) in [6.07, 6.45) is 3.20. The van der Waals surface area contributed by atoms with Crippen LogP contribution in [0.1, 0.15) is 18.4 Å². The third kappa shape index (κ3) is 2.79. The minimum Gasteiger partial charge on any atom is -0.326 e. The molecule has 2 N–H and O–H groups in total. The van der Waals surface area contributed by atoms with Crippen LogP contribution in [0.3, 0.4) is 0 Å².